The number of esters is 2. The molecule has 6 aromatic heterocycles. The van der Waals surface area contributed by atoms with Crippen molar-refractivity contribution in [2.75, 3.05) is 119 Å². The minimum absolute atomic E-state index is 0.00838. The molecule has 10 heterocycles. The summed E-state index contributed by atoms with van der Waals surface area (Å²) in [6.45, 7) is 10.9. The molecule has 0 spiro atoms. The summed E-state index contributed by atoms with van der Waals surface area (Å²) in [6, 6.07) is 29.9. The maximum Gasteiger partial charge on any atom is 0.354 e. The van der Waals surface area contributed by atoms with E-state index in [4.69, 9.17) is 72.4 Å². The third-order valence-corrected chi connectivity index (χ3v) is 25.8. The van der Waals surface area contributed by atoms with E-state index in [0.717, 1.165) is 48.3 Å². The fraction of sp³-hybridized carbons (Fsp3) is 0.343. The molecule has 0 bridgehead atoms. The van der Waals surface area contributed by atoms with Gasteiger partial charge in [-0.1, -0.05) is 30.3 Å². The number of nitrogens with two attached hydrogens (primary N) is 1. The number of carboxylic acid groups (broad SMARTS) is 2. The van der Waals surface area contributed by atoms with Gasteiger partial charge >= 0.3 is 23.9 Å². The number of rotatable bonds is 28. The molecule has 0 radical (unpaired) electrons. The Labute approximate surface area is 789 Å². The van der Waals surface area contributed by atoms with Crippen LogP contribution in [0, 0.1) is 34.9 Å². The zero-order valence-corrected chi connectivity index (χ0v) is 80.3. The van der Waals surface area contributed by atoms with E-state index >= 15 is 13.2 Å². The van der Waals surface area contributed by atoms with Gasteiger partial charge in [-0.05, 0) is 190 Å². The molecule has 4 aliphatic rings. The fourth-order valence-corrected chi connectivity index (χ4v) is 19.0. The molecular weight excluding hydrogens is 1820 g/mol. The van der Waals surface area contributed by atoms with E-state index in [9.17, 15) is 42.3 Å². The molecule has 27 nitrogen and oxygen atoms in total. The maximum absolute atomic E-state index is 15.3. The van der Waals surface area contributed by atoms with Crippen LogP contribution in [0.4, 0.5) is 26.3 Å². The van der Waals surface area contributed by atoms with Crippen molar-refractivity contribution < 1.29 is 127 Å². The summed E-state index contributed by atoms with van der Waals surface area (Å²) in [5, 5.41) is 27.4. The number of aromatic carboxylic acids is 1. The van der Waals surface area contributed by atoms with E-state index in [1.165, 1.54) is 110 Å². The predicted octanol–water partition coefficient (Wildman–Crippen LogP) is 19.3. The van der Waals surface area contributed by atoms with Crippen LogP contribution >= 0.6 is 34.0 Å². The Hall–Kier alpha value is -13.3. The Bertz CT molecular complexity index is 6230. The number of amides is 1. The Kier molecular flexibility index (Phi) is 35.3. The van der Waals surface area contributed by atoms with Gasteiger partial charge in [0, 0.05) is 110 Å². The highest BCUT2D eigenvalue weighted by molar-refractivity contribution is 7.14. The van der Waals surface area contributed by atoms with Crippen LogP contribution in [0.15, 0.2) is 119 Å². The first-order valence-electron chi connectivity index (χ1n) is 42.9. The number of ether oxygens (including phenoxy) is 14. The smallest absolute Gasteiger partial charge is 0.354 e. The molecule has 5 N–H and O–H groups in total. The highest BCUT2D eigenvalue weighted by Gasteiger charge is 2.38. The molecule has 1 amide bonds. The van der Waals surface area contributed by atoms with E-state index in [-0.39, 0.29) is 82.0 Å². The summed E-state index contributed by atoms with van der Waals surface area (Å²) in [5.41, 5.74) is 17.2. The van der Waals surface area contributed by atoms with Gasteiger partial charge in [0.05, 0.1) is 116 Å². The zero-order valence-electron chi connectivity index (χ0n) is 77.8. The fourth-order valence-electron chi connectivity index (χ4n) is 16.8. The number of fused-ring (bicyclic) bond motifs is 10. The van der Waals surface area contributed by atoms with Crippen molar-refractivity contribution in [3.8, 4) is 134 Å². The number of carbonyl (C=O) groups excluding carboxylic acids is 3. The molecule has 135 heavy (non-hydrogen) atoms. The van der Waals surface area contributed by atoms with Crippen molar-refractivity contribution in [1.82, 2.24) is 23.9 Å². The lowest BCUT2D eigenvalue weighted by Gasteiger charge is -2.28. The predicted molar refractivity (Wildman–Crippen MR) is 503 cm³/mol. The van der Waals surface area contributed by atoms with E-state index in [1.807, 2.05) is 106 Å². The Balaban J connectivity index is 0.000000159. The lowest BCUT2D eigenvalue weighted by Crippen LogP contribution is -2.38. The van der Waals surface area contributed by atoms with Gasteiger partial charge in [-0.2, -0.15) is 0 Å². The monoisotopic (exact) mass is 1930 g/mol. The molecule has 1 atom stereocenters. The molecule has 0 saturated carbocycles. The molecule has 4 aliphatic heterocycles. The van der Waals surface area contributed by atoms with E-state index in [2.05, 4.69) is 10.1 Å². The van der Waals surface area contributed by atoms with Gasteiger partial charge in [0.1, 0.15) is 23.1 Å². The first kappa shape index (κ1) is 102. The Morgan fingerprint density at radius 3 is 1.17 bits per heavy atom. The average molecular weight is 1930 g/mol. The highest BCUT2D eigenvalue weighted by atomic mass is 32.1. The number of methoxy groups -OCH3 is 13. The van der Waals surface area contributed by atoms with Gasteiger partial charge in [-0.25, -0.2) is 35.9 Å². The molecule has 0 fully saturated rings. The topological polar surface area (TPSA) is 311 Å². The van der Waals surface area contributed by atoms with Gasteiger partial charge in [-0.15, -0.1) is 34.0 Å². The number of nitrogens with one attached hydrogen (secondary N) is 1. The van der Waals surface area contributed by atoms with Crippen LogP contribution in [-0.2, 0) is 77.2 Å². The van der Waals surface area contributed by atoms with Crippen LogP contribution in [-0.4, -0.2) is 183 Å². The first-order valence-corrected chi connectivity index (χ1v) is 45.5. The van der Waals surface area contributed by atoms with Crippen LogP contribution < -0.4 is 67.9 Å². The van der Waals surface area contributed by atoms with Gasteiger partial charge in [0.2, 0.25) is 0 Å². The normalized spacial score (nSPS) is 12.6. The highest BCUT2D eigenvalue weighted by Crippen LogP contribution is 2.52. The number of thiophene rings is 3. The van der Waals surface area contributed by atoms with E-state index in [1.54, 1.807) is 76.6 Å². The van der Waals surface area contributed by atoms with Crippen molar-refractivity contribution in [3.05, 3.63) is 210 Å². The third kappa shape index (κ3) is 21.3. The lowest BCUT2D eigenvalue weighted by molar-refractivity contribution is -0.141. The molecule has 1 unspecified atom stereocenters. The second-order valence-electron chi connectivity index (χ2n) is 30.6. The van der Waals surface area contributed by atoms with Crippen LogP contribution in [0.5, 0.6) is 69.0 Å². The molecular formula is C99H108F6N6O21S3. The Morgan fingerprint density at radius 2 is 0.822 bits per heavy atom. The maximum atomic E-state index is 15.3. The van der Waals surface area contributed by atoms with Gasteiger partial charge in [-0.3, -0.25) is 14.4 Å². The van der Waals surface area contributed by atoms with E-state index in [0.29, 0.717) is 181 Å². The molecule has 720 valence electrons. The number of hydrogen-bond acceptors (Lipinski definition) is 24. The van der Waals surface area contributed by atoms with Crippen LogP contribution in [0.2, 0.25) is 0 Å². The molecule has 6 aromatic carbocycles. The van der Waals surface area contributed by atoms with Crippen LogP contribution in [0.25, 0.3) is 65.1 Å². The molecule has 0 aliphatic carbocycles. The molecule has 12 aromatic rings. The first-order chi connectivity index (χ1) is 65.1. The Morgan fingerprint density at radius 1 is 0.452 bits per heavy atom. The number of carbonyl (C=O) groups is 5. The van der Waals surface area contributed by atoms with E-state index < -0.39 is 52.9 Å². The standard InChI is InChI=1S/C24H27FN2O3S.C21H20FNO4S.C19H16FNO4S.C13H17FO4.C12H14FNO4.C10H14FNO2/c1-6-26(14(2)3)24(28)18-12-17(20-8-7-11-31-20)22-16-13-19(29-4)23(30-5)21(25)15(16)9-10-27(18)22;1-4-27-21(24)15-10-14(17-6-5-9-28-17)19-13-11-16(25-2)20(26-3)18(22)12(13)7-8-23(15)19;1-24-14-9-11-10(16(20)18(14)25-2)5-6-21-13(19(22)23)8-12(17(11)21)15-4-3-7-26-15;1-16-10-8-7-9(12(14)13(10)18-3)5-4-6-11(15)17-2;1-17-8-5-7-6(9(13)11(8)18-2)3-4-14-10(7)12(15)16;1-13-8-4-3-7(5-6-12)9(11)10(8)14-2/h7-8,11-14H,6,9-10H2,1-5H3;5-6,9-11H,4,7-8H2,1-3H3;3-4,7-9H,5-6H2,1-2H3,(H,22,23);7-8H,4-6H2,1-3H3;5,10,14H,3-4H2,1-2H3,(H,15,16);3-4H,5-6,12H2,1-2H3. The van der Waals surface area contributed by atoms with Crippen LogP contribution in [0.3, 0.4) is 0 Å². The van der Waals surface area contributed by atoms with Crippen molar-refractivity contribution in [3.63, 3.8) is 0 Å². The number of halogens is 6. The molecule has 0 saturated heterocycles. The van der Waals surface area contributed by atoms with Crippen molar-refractivity contribution >= 4 is 63.8 Å². The summed E-state index contributed by atoms with van der Waals surface area (Å²) in [7, 11) is 18.5. The summed E-state index contributed by atoms with van der Waals surface area (Å²) < 4.78 is 164. The summed E-state index contributed by atoms with van der Waals surface area (Å²) in [5.74, 6) is -2.94. The third-order valence-electron chi connectivity index (χ3n) is 23.1. The zero-order chi connectivity index (χ0) is 97.9. The van der Waals surface area contributed by atoms with Gasteiger partial charge in [0.25, 0.3) is 5.91 Å². The summed E-state index contributed by atoms with van der Waals surface area (Å²) in [4.78, 5) is 64.6. The van der Waals surface area contributed by atoms with Crippen LogP contribution in [0.1, 0.15) is 117 Å². The minimum Gasteiger partial charge on any atom is -0.493 e. The quantitative estimate of drug-likeness (QED) is 0.0261. The van der Waals surface area contributed by atoms with Crippen molar-refractivity contribution in [2.45, 2.75) is 111 Å². The number of aryl methyl sites for hydroxylation is 1. The number of carboxylic acids is 2. The number of aliphatic carboxylic acids is 1. The minimum atomic E-state index is -1.04. The molecule has 16 rings (SSSR count). The number of nitrogens with zero attached hydrogens (tertiary/aromatic N) is 4. The van der Waals surface area contributed by atoms with Crippen molar-refractivity contribution in [1.29, 1.82) is 0 Å². The van der Waals surface area contributed by atoms with Gasteiger partial charge < -0.3 is 106 Å². The lowest BCUT2D eigenvalue weighted by atomic mass is 9.93. The largest absolute Gasteiger partial charge is 0.493 e. The number of benzene rings is 6. The molecule has 36 heteroatoms. The second-order valence-corrected chi connectivity index (χ2v) is 33.4. The number of aromatic nitrogens is 3. The number of hydrogen-bond donors (Lipinski definition) is 4. The SMILES string of the molecule is CCN(C(=O)c1cc(-c2cccs2)c2n1CCc1c-2cc(OC)c(OC)c1F)C(C)C.CCOC(=O)c1cc(-c2cccs2)c2n1CCc1c-2cc(OC)c(OC)c1F.COC(=O)CCCc1ccc(OC)c(OC)c1F.COc1cc2c(c(F)c1OC)CCNC2C(=O)O.COc1cc2c(c(F)c1OC)CCn1c(C(=O)O)cc(-c3cccs3)c1-2.COc1ccc(CCN)c(F)c1OC. The second kappa shape index (κ2) is 46.6. The summed E-state index contributed by atoms with van der Waals surface area (Å²) >= 11 is 4.69. The summed E-state index contributed by atoms with van der Waals surface area (Å²) in [6.07, 6.45) is 3.45. The van der Waals surface area contributed by atoms with Crippen molar-refractivity contribution in [2.24, 2.45) is 5.73 Å². The average Bonchev–Trinajstić information content (AvgIpc) is 1.60. The van der Waals surface area contributed by atoms with Gasteiger partial charge in [0.15, 0.2) is 104 Å².